The number of rotatable bonds is 2. The molecule has 35 heavy (non-hydrogen) atoms. The Bertz CT molecular complexity index is 1380. The fourth-order valence-electron chi connectivity index (χ4n) is 4.94. The summed E-state index contributed by atoms with van der Waals surface area (Å²) >= 11 is 0. The molecule has 1 aliphatic carbocycles. The molecule has 0 aliphatic heterocycles. The molecular formula is C31H38IrNO2-. The van der Waals surface area contributed by atoms with Crippen molar-refractivity contribution in [3.63, 3.8) is 0 Å². The van der Waals surface area contributed by atoms with Gasteiger partial charge in [0, 0.05) is 32.4 Å². The summed E-state index contributed by atoms with van der Waals surface area (Å²) in [4.78, 5) is 14.7. The molecule has 1 heterocycles. The Labute approximate surface area is 227 Å². The Morgan fingerprint density at radius 3 is 2.09 bits per heavy atom. The van der Waals surface area contributed by atoms with Gasteiger partial charge in [-0.05, 0) is 63.8 Å². The van der Waals surface area contributed by atoms with E-state index in [-0.39, 0.29) is 47.9 Å². The molecule has 1 N–H and O–H groups in total. The van der Waals surface area contributed by atoms with Crippen molar-refractivity contribution in [3.8, 4) is 11.3 Å². The number of aromatic nitrogens is 1. The van der Waals surface area contributed by atoms with Gasteiger partial charge in [-0.2, -0.15) is 0 Å². The molecule has 0 saturated heterocycles. The molecule has 0 amide bonds. The summed E-state index contributed by atoms with van der Waals surface area (Å²) in [5.74, 6) is -0.0625. The zero-order valence-corrected chi connectivity index (χ0v) is 24.9. The summed E-state index contributed by atoms with van der Waals surface area (Å²) in [5.41, 5.74) is 5.36. The third-order valence-electron chi connectivity index (χ3n) is 7.90. The van der Waals surface area contributed by atoms with Crippen molar-refractivity contribution in [1.29, 1.82) is 0 Å². The second kappa shape index (κ2) is 9.99. The molecule has 0 saturated carbocycles. The standard InChI is InChI=1S/C26H30N.C5H8O2.Ir/c1-16-11-17(2)13-19(12-16)23-20-15-22-21(14-18(20)9-10-27-23)24(3,4)26(7,8)25(22,5)6;1-4(6)3-5(2)7;/h9-12,14-15H,1-8H3;3,6H,1-2H3;/q-1;;/i14D,15D;;. The van der Waals surface area contributed by atoms with Crippen LogP contribution >= 0.6 is 0 Å². The second-order valence-corrected chi connectivity index (χ2v) is 11.1. The van der Waals surface area contributed by atoms with Gasteiger partial charge in [0.15, 0.2) is 5.78 Å². The van der Waals surface area contributed by atoms with Crippen LogP contribution < -0.4 is 0 Å². The van der Waals surface area contributed by atoms with Gasteiger partial charge in [0.1, 0.15) is 0 Å². The Kier molecular flexibility index (Phi) is 7.36. The van der Waals surface area contributed by atoms with Gasteiger partial charge in [0.25, 0.3) is 0 Å². The molecule has 0 fully saturated rings. The van der Waals surface area contributed by atoms with Gasteiger partial charge in [-0.3, -0.25) is 4.79 Å². The summed E-state index contributed by atoms with van der Waals surface area (Å²) in [6, 6.07) is 10.5. The monoisotopic (exact) mass is 651 g/mol. The SMILES string of the molecule is CC(=O)C=C(C)O.[2H]c1c2c(c([2H])c3c(-c4[c-]c(C)cc(C)c4)nccc13)C(C)(C)C(C)(C)C2(C)C.[Ir]. The maximum absolute atomic E-state index is 10.0. The Balaban J connectivity index is 0.000000532. The van der Waals surface area contributed by atoms with E-state index in [0.717, 1.165) is 44.3 Å². The van der Waals surface area contributed by atoms with E-state index in [4.69, 9.17) is 6.48 Å². The molecule has 4 rings (SSSR count). The van der Waals surface area contributed by atoms with Crippen molar-refractivity contribution >= 4 is 16.6 Å². The number of carbonyl (C=O) groups excluding carboxylic acids is 1. The van der Waals surface area contributed by atoms with Crippen LogP contribution in [0.15, 0.2) is 48.3 Å². The van der Waals surface area contributed by atoms with Gasteiger partial charge in [0.2, 0.25) is 0 Å². The Morgan fingerprint density at radius 1 is 1.03 bits per heavy atom. The van der Waals surface area contributed by atoms with Crippen LogP contribution in [0.25, 0.3) is 22.0 Å². The van der Waals surface area contributed by atoms with E-state index in [0.29, 0.717) is 12.1 Å². The average molecular weight is 651 g/mol. The molecule has 4 heteroatoms. The van der Waals surface area contributed by atoms with Crippen LogP contribution in [0.4, 0.5) is 0 Å². The minimum absolute atomic E-state index is 0. The zero-order valence-electron chi connectivity index (χ0n) is 24.5. The first-order chi connectivity index (χ1) is 16.4. The van der Waals surface area contributed by atoms with E-state index in [1.54, 1.807) is 6.20 Å². The maximum atomic E-state index is 10.0. The number of pyridine rings is 1. The van der Waals surface area contributed by atoms with Crippen LogP contribution in [0, 0.1) is 25.3 Å². The van der Waals surface area contributed by atoms with E-state index in [2.05, 4.69) is 71.6 Å². The van der Waals surface area contributed by atoms with E-state index in [9.17, 15) is 6.17 Å². The summed E-state index contributed by atoms with van der Waals surface area (Å²) in [5, 5.41) is 9.95. The van der Waals surface area contributed by atoms with Gasteiger partial charge in [-0.15, -0.1) is 34.9 Å². The number of benzene rings is 2. The van der Waals surface area contributed by atoms with Crippen LogP contribution in [0.5, 0.6) is 0 Å². The zero-order chi connectivity index (χ0) is 27.4. The number of allylic oxidation sites excluding steroid dienone is 2. The smallest absolute Gasteiger partial charge is 0.155 e. The predicted octanol–water partition coefficient (Wildman–Crippen LogP) is 7.95. The third kappa shape index (κ3) is 5.15. The van der Waals surface area contributed by atoms with Crippen molar-refractivity contribution < 1.29 is 32.7 Å². The van der Waals surface area contributed by atoms with Crippen LogP contribution in [-0.4, -0.2) is 15.9 Å². The molecule has 3 nitrogen and oxygen atoms in total. The molecule has 2 aromatic carbocycles. The second-order valence-electron chi connectivity index (χ2n) is 11.1. The molecule has 3 aromatic rings. The molecule has 1 aromatic heterocycles. The summed E-state index contributed by atoms with van der Waals surface area (Å²) in [6.07, 6.45) is 2.94. The van der Waals surface area contributed by atoms with Crippen LogP contribution in [0.2, 0.25) is 0 Å². The number of hydrogen-bond donors (Lipinski definition) is 1. The van der Waals surface area contributed by atoms with Crippen LogP contribution in [0.3, 0.4) is 0 Å². The van der Waals surface area contributed by atoms with E-state index in [1.807, 2.05) is 13.0 Å². The molecule has 0 unspecified atom stereocenters. The number of fused-ring (bicyclic) bond motifs is 2. The first kappa shape index (κ1) is 25.8. The number of ketones is 1. The number of aliphatic hydroxyl groups is 1. The van der Waals surface area contributed by atoms with Crippen molar-refractivity contribution in [1.82, 2.24) is 4.98 Å². The largest absolute Gasteiger partial charge is 0.512 e. The van der Waals surface area contributed by atoms with Gasteiger partial charge < -0.3 is 10.1 Å². The topological polar surface area (TPSA) is 50.2 Å². The number of aliphatic hydroxyl groups excluding tert-OH is 1. The average Bonchev–Trinajstić information content (AvgIpc) is 2.84. The minimum atomic E-state index is -0.230. The quantitative estimate of drug-likeness (QED) is 0.174. The van der Waals surface area contributed by atoms with E-state index < -0.39 is 0 Å². The Hall–Kier alpha value is -2.29. The Morgan fingerprint density at radius 2 is 1.60 bits per heavy atom. The molecule has 0 atom stereocenters. The molecule has 1 aliphatic rings. The summed E-state index contributed by atoms with van der Waals surface area (Å²) in [6.45, 7) is 20.4. The van der Waals surface area contributed by atoms with Crippen LogP contribution in [0.1, 0.15) is 80.4 Å². The normalized spacial score (nSPS) is 17.9. The molecule has 0 spiro atoms. The van der Waals surface area contributed by atoms with Crippen molar-refractivity contribution in [2.24, 2.45) is 5.41 Å². The van der Waals surface area contributed by atoms with Crippen molar-refractivity contribution in [3.05, 3.63) is 76.6 Å². The van der Waals surface area contributed by atoms with Gasteiger partial charge in [-0.1, -0.05) is 67.5 Å². The minimum Gasteiger partial charge on any atom is -0.512 e. The molecule has 189 valence electrons. The summed E-state index contributed by atoms with van der Waals surface area (Å²) in [7, 11) is 0. The molecule has 0 bridgehead atoms. The summed E-state index contributed by atoms with van der Waals surface area (Å²) < 4.78 is 18.4. The number of nitrogens with zero attached hydrogens (tertiary/aromatic N) is 1. The first-order valence-corrected chi connectivity index (χ1v) is 11.8. The van der Waals surface area contributed by atoms with Crippen molar-refractivity contribution in [2.75, 3.05) is 0 Å². The number of aryl methyl sites for hydroxylation is 2. The molecular weight excluding hydrogens is 611 g/mol. The maximum Gasteiger partial charge on any atom is 0.155 e. The van der Waals surface area contributed by atoms with Gasteiger partial charge in [-0.25, -0.2) is 0 Å². The molecule has 1 radical (unpaired) electrons. The van der Waals surface area contributed by atoms with E-state index in [1.165, 1.54) is 19.9 Å². The fraction of sp³-hybridized carbons (Fsp3) is 0.419. The van der Waals surface area contributed by atoms with Crippen LogP contribution in [-0.2, 0) is 35.7 Å². The van der Waals surface area contributed by atoms with Crippen molar-refractivity contribution in [2.45, 2.75) is 80.1 Å². The number of carbonyl (C=O) groups is 1. The van der Waals surface area contributed by atoms with Gasteiger partial charge >= 0.3 is 0 Å². The van der Waals surface area contributed by atoms with Gasteiger partial charge in [0.05, 0.1) is 8.50 Å². The fourth-order valence-corrected chi connectivity index (χ4v) is 4.94. The predicted molar refractivity (Wildman–Crippen MR) is 142 cm³/mol. The first-order valence-electron chi connectivity index (χ1n) is 12.8. The van der Waals surface area contributed by atoms with E-state index >= 15 is 0 Å². The third-order valence-corrected chi connectivity index (χ3v) is 7.90. The number of hydrogen-bond acceptors (Lipinski definition) is 3.